The highest BCUT2D eigenvalue weighted by molar-refractivity contribution is 5.85. The van der Waals surface area contributed by atoms with Gasteiger partial charge in [-0.3, -0.25) is 4.98 Å². The molecule has 0 aliphatic carbocycles. The molecule has 1 N–H and O–H groups in total. The Kier molecular flexibility index (Phi) is 5.21. The van der Waals surface area contributed by atoms with E-state index in [-0.39, 0.29) is 12.4 Å². The van der Waals surface area contributed by atoms with E-state index in [1.54, 1.807) is 0 Å². The SMILES string of the molecule is CCN(c1cnc2ccccc2c1)C1CCNCC1.Cl. The molecule has 1 aromatic carbocycles. The van der Waals surface area contributed by atoms with E-state index in [1.165, 1.54) is 23.9 Å². The fraction of sp³-hybridized carbons (Fsp3) is 0.438. The van der Waals surface area contributed by atoms with E-state index in [9.17, 15) is 0 Å². The number of pyridine rings is 1. The molecule has 3 rings (SSSR count). The van der Waals surface area contributed by atoms with Crippen LogP contribution in [0.2, 0.25) is 0 Å². The second kappa shape index (κ2) is 6.91. The molecule has 20 heavy (non-hydrogen) atoms. The van der Waals surface area contributed by atoms with Gasteiger partial charge in [-0.25, -0.2) is 0 Å². The van der Waals surface area contributed by atoms with Crippen molar-refractivity contribution in [3.63, 3.8) is 0 Å². The Morgan fingerprint density at radius 1 is 1.25 bits per heavy atom. The molecule has 4 heteroatoms. The van der Waals surface area contributed by atoms with Gasteiger partial charge in [0.15, 0.2) is 0 Å². The Labute approximate surface area is 126 Å². The molecule has 3 nitrogen and oxygen atoms in total. The Hall–Kier alpha value is -1.32. The minimum absolute atomic E-state index is 0. The quantitative estimate of drug-likeness (QED) is 0.941. The van der Waals surface area contributed by atoms with E-state index >= 15 is 0 Å². The maximum Gasteiger partial charge on any atom is 0.0703 e. The maximum atomic E-state index is 4.59. The Morgan fingerprint density at radius 2 is 2.00 bits per heavy atom. The molecule has 1 fully saturated rings. The highest BCUT2D eigenvalue weighted by atomic mass is 35.5. The molecule has 2 aromatic rings. The predicted octanol–water partition coefficient (Wildman–Crippen LogP) is 3.23. The molecule has 0 radical (unpaired) electrons. The molecular weight excluding hydrogens is 270 g/mol. The lowest BCUT2D eigenvalue weighted by Crippen LogP contribution is -2.43. The van der Waals surface area contributed by atoms with Crippen LogP contribution in [0.25, 0.3) is 10.9 Å². The molecule has 108 valence electrons. The van der Waals surface area contributed by atoms with Gasteiger partial charge in [-0.1, -0.05) is 18.2 Å². The van der Waals surface area contributed by atoms with Gasteiger partial charge in [0.25, 0.3) is 0 Å². The standard InChI is InChI=1S/C16H21N3.ClH/c1-2-19(14-7-9-17-10-8-14)15-11-13-5-3-4-6-16(13)18-12-15;/h3-6,11-12,14,17H,2,7-10H2,1H3;1H. The monoisotopic (exact) mass is 291 g/mol. The molecular formula is C16H22ClN3. The minimum atomic E-state index is 0. The molecule has 0 spiro atoms. The number of para-hydroxylation sites is 1. The maximum absolute atomic E-state index is 4.59. The van der Waals surface area contributed by atoms with Gasteiger partial charge in [0.1, 0.15) is 0 Å². The van der Waals surface area contributed by atoms with Crippen LogP contribution in [0.3, 0.4) is 0 Å². The summed E-state index contributed by atoms with van der Waals surface area (Å²) < 4.78 is 0. The summed E-state index contributed by atoms with van der Waals surface area (Å²) in [4.78, 5) is 7.09. The number of halogens is 1. The molecule has 0 atom stereocenters. The molecule has 2 heterocycles. The van der Waals surface area contributed by atoms with Crippen molar-refractivity contribution in [1.82, 2.24) is 10.3 Å². The van der Waals surface area contributed by atoms with Gasteiger partial charge in [0.05, 0.1) is 17.4 Å². The normalized spacial score (nSPS) is 15.8. The summed E-state index contributed by atoms with van der Waals surface area (Å²) in [6.07, 6.45) is 4.47. The van der Waals surface area contributed by atoms with E-state index < -0.39 is 0 Å². The molecule has 0 unspecified atom stereocenters. The first-order valence-corrected chi connectivity index (χ1v) is 7.20. The second-order valence-corrected chi connectivity index (χ2v) is 5.15. The highest BCUT2D eigenvalue weighted by Crippen LogP contribution is 2.24. The van der Waals surface area contributed by atoms with Crippen LogP contribution < -0.4 is 10.2 Å². The summed E-state index contributed by atoms with van der Waals surface area (Å²) in [7, 11) is 0. The Balaban J connectivity index is 0.00000147. The lowest BCUT2D eigenvalue weighted by atomic mass is 10.0. The van der Waals surface area contributed by atoms with E-state index in [0.717, 1.165) is 25.2 Å². The van der Waals surface area contributed by atoms with Crippen molar-refractivity contribution in [2.75, 3.05) is 24.5 Å². The summed E-state index contributed by atoms with van der Waals surface area (Å²) >= 11 is 0. The molecule has 1 aliphatic heterocycles. The number of hydrogen-bond donors (Lipinski definition) is 1. The molecule has 0 amide bonds. The zero-order chi connectivity index (χ0) is 13.1. The van der Waals surface area contributed by atoms with Crippen molar-refractivity contribution in [3.8, 4) is 0 Å². The zero-order valence-electron chi connectivity index (χ0n) is 11.9. The number of hydrogen-bond acceptors (Lipinski definition) is 3. The average Bonchev–Trinajstić information content (AvgIpc) is 2.49. The number of rotatable bonds is 3. The van der Waals surface area contributed by atoms with E-state index in [0.29, 0.717) is 6.04 Å². The fourth-order valence-electron chi connectivity index (χ4n) is 2.99. The first-order chi connectivity index (χ1) is 9.38. The minimum Gasteiger partial charge on any atom is -0.367 e. The number of nitrogens with one attached hydrogen (secondary N) is 1. The number of benzene rings is 1. The Morgan fingerprint density at radius 3 is 2.75 bits per heavy atom. The van der Waals surface area contributed by atoms with Crippen molar-refractivity contribution in [1.29, 1.82) is 0 Å². The van der Waals surface area contributed by atoms with Crippen molar-refractivity contribution in [3.05, 3.63) is 36.5 Å². The third-order valence-electron chi connectivity index (χ3n) is 4.00. The lowest BCUT2D eigenvalue weighted by Gasteiger charge is -2.35. The molecule has 1 saturated heterocycles. The third kappa shape index (κ3) is 3.05. The van der Waals surface area contributed by atoms with Crippen LogP contribution in [-0.2, 0) is 0 Å². The third-order valence-corrected chi connectivity index (χ3v) is 4.00. The van der Waals surface area contributed by atoms with Gasteiger partial charge in [-0.15, -0.1) is 12.4 Å². The summed E-state index contributed by atoms with van der Waals surface area (Å²) in [6.45, 7) is 5.53. The number of fused-ring (bicyclic) bond motifs is 1. The average molecular weight is 292 g/mol. The molecule has 1 aliphatic rings. The number of nitrogens with zero attached hydrogens (tertiary/aromatic N) is 2. The largest absolute Gasteiger partial charge is 0.367 e. The van der Waals surface area contributed by atoms with Crippen LogP contribution in [0.4, 0.5) is 5.69 Å². The lowest BCUT2D eigenvalue weighted by molar-refractivity contribution is 0.433. The van der Waals surface area contributed by atoms with E-state index in [2.05, 4.69) is 46.4 Å². The first kappa shape index (κ1) is 15.1. The van der Waals surface area contributed by atoms with Gasteiger partial charge >= 0.3 is 0 Å². The summed E-state index contributed by atoms with van der Waals surface area (Å²) in [6, 6.07) is 11.2. The Bertz CT molecular complexity index is 552. The number of anilines is 1. The van der Waals surface area contributed by atoms with Crippen LogP contribution >= 0.6 is 12.4 Å². The molecule has 0 saturated carbocycles. The van der Waals surface area contributed by atoms with Crippen LogP contribution in [0.1, 0.15) is 19.8 Å². The van der Waals surface area contributed by atoms with Crippen LogP contribution in [0, 0.1) is 0 Å². The first-order valence-electron chi connectivity index (χ1n) is 7.20. The fourth-order valence-corrected chi connectivity index (χ4v) is 2.99. The summed E-state index contributed by atoms with van der Waals surface area (Å²) in [5.41, 5.74) is 2.33. The second-order valence-electron chi connectivity index (χ2n) is 5.15. The highest BCUT2D eigenvalue weighted by Gasteiger charge is 2.20. The smallest absolute Gasteiger partial charge is 0.0703 e. The number of aromatic nitrogens is 1. The van der Waals surface area contributed by atoms with Gasteiger partial charge in [0, 0.05) is 18.0 Å². The van der Waals surface area contributed by atoms with Crippen LogP contribution in [0.5, 0.6) is 0 Å². The van der Waals surface area contributed by atoms with Crippen molar-refractivity contribution >= 4 is 29.0 Å². The van der Waals surface area contributed by atoms with Crippen molar-refractivity contribution in [2.24, 2.45) is 0 Å². The van der Waals surface area contributed by atoms with Gasteiger partial charge in [-0.2, -0.15) is 0 Å². The van der Waals surface area contributed by atoms with Gasteiger partial charge in [-0.05, 0) is 45.0 Å². The number of piperidine rings is 1. The molecule has 0 bridgehead atoms. The summed E-state index contributed by atoms with van der Waals surface area (Å²) in [5.74, 6) is 0. The van der Waals surface area contributed by atoms with Gasteiger partial charge in [0.2, 0.25) is 0 Å². The topological polar surface area (TPSA) is 28.2 Å². The van der Waals surface area contributed by atoms with E-state index in [1.807, 2.05) is 12.3 Å². The predicted molar refractivity (Wildman–Crippen MR) is 87.9 cm³/mol. The van der Waals surface area contributed by atoms with E-state index in [4.69, 9.17) is 0 Å². The summed E-state index contributed by atoms with van der Waals surface area (Å²) in [5, 5.41) is 4.66. The zero-order valence-corrected chi connectivity index (χ0v) is 12.7. The van der Waals surface area contributed by atoms with Crippen molar-refractivity contribution in [2.45, 2.75) is 25.8 Å². The van der Waals surface area contributed by atoms with Crippen molar-refractivity contribution < 1.29 is 0 Å². The van der Waals surface area contributed by atoms with Gasteiger partial charge < -0.3 is 10.2 Å². The van der Waals surface area contributed by atoms with Crippen LogP contribution in [-0.4, -0.2) is 30.7 Å². The molecule has 1 aromatic heterocycles. The van der Waals surface area contributed by atoms with Crippen LogP contribution in [0.15, 0.2) is 36.5 Å².